The number of aliphatic imine (C=N–C) groups is 1. The summed E-state index contributed by atoms with van der Waals surface area (Å²) < 4.78 is 15.7. The maximum absolute atomic E-state index is 5.99. The molecule has 0 radical (unpaired) electrons. The third-order valence-corrected chi connectivity index (χ3v) is 3.49. The Morgan fingerprint density at radius 3 is 2.48 bits per heavy atom. The van der Waals surface area contributed by atoms with Gasteiger partial charge in [-0.2, -0.15) is 0 Å². The summed E-state index contributed by atoms with van der Waals surface area (Å²) in [5.74, 6) is 1.17. The summed E-state index contributed by atoms with van der Waals surface area (Å²) in [4.78, 5) is 4.38. The molecule has 0 fully saturated rings. The molecule has 0 bridgehead atoms. The quantitative estimate of drug-likeness (QED) is 0.416. The molecule has 0 unspecified atom stereocenters. The number of guanidine groups is 1. The molecule has 6 nitrogen and oxygen atoms in total. The topological polar surface area (TPSA) is 78.1 Å². The van der Waals surface area contributed by atoms with E-state index in [1.165, 1.54) is 0 Å². The highest BCUT2D eigenvalue weighted by Gasteiger charge is 2.02. The molecule has 0 aliphatic carbocycles. The van der Waals surface area contributed by atoms with E-state index in [0.29, 0.717) is 32.3 Å². The summed E-state index contributed by atoms with van der Waals surface area (Å²) in [6, 6.07) is 15.6. The van der Waals surface area contributed by atoms with Crippen molar-refractivity contribution in [1.29, 1.82) is 0 Å². The van der Waals surface area contributed by atoms with Crippen molar-refractivity contribution < 1.29 is 14.2 Å². The maximum atomic E-state index is 5.99. The molecule has 0 heterocycles. The van der Waals surface area contributed by atoms with Crippen molar-refractivity contribution in [3.05, 3.63) is 59.7 Å². The lowest BCUT2D eigenvalue weighted by Gasteiger charge is -2.11. The summed E-state index contributed by atoms with van der Waals surface area (Å²) in [5.41, 5.74) is 8.96. The number of benzene rings is 2. The highest BCUT2D eigenvalue weighted by molar-refractivity contribution is 5.92. The molecular formula is C19H25N3O3. The molecule has 0 atom stereocenters. The molecule has 3 N–H and O–H groups in total. The molecule has 0 aliphatic heterocycles. The number of nitrogens with one attached hydrogen (secondary N) is 1. The molecule has 0 spiro atoms. The first-order valence-electron chi connectivity index (χ1n) is 8.07. The fourth-order valence-corrected chi connectivity index (χ4v) is 2.21. The predicted molar refractivity (Wildman–Crippen MR) is 99.9 cm³/mol. The lowest BCUT2D eigenvalue weighted by molar-refractivity contribution is 0.146. The van der Waals surface area contributed by atoms with E-state index in [-0.39, 0.29) is 0 Å². The Balaban J connectivity index is 1.90. The lowest BCUT2D eigenvalue weighted by atomic mass is 10.2. The first-order chi connectivity index (χ1) is 12.2. The minimum absolute atomic E-state index is 0.365. The van der Waals surface area contributed by atoms with Gasteiger partial charge < -0.3 is 25.3 Å². The molecule has 6 heteroatoms. The van der Waals surface area contributed by atoms with E-state index in [2.05, 4.69) is 10.3 Å². The van der Waals surface area contributed by atoms with Gasteiger partial charge in [0.05, 0.1) is 19.8 Å². The Morgan fingerprint density at radius 1 is 1.00 bits per heavy atom. The second kappa shape index (κ2) is 10.3. The molecule has 25 heavy (non-hydrogen) atoms. The van der Waals surface area contributed by atoms with Crippen LogP contribution in [0.3, 0.4) is 0 Å². The van der Waals surface area contributed by atoms with Crippen molar-refractivity contribution in [2.75, 3.05) is 32.8 Å². The van der Waals surface area contributed by atoms with E-state index in [1.54, 1.807) is 14.2 Å². The first-order valence-corrected chi connectivity index (χ1v) is 8.07. The molecule has 0 aromatic heterocycles. The molecule has 2 rings (SSSR count). The van der Waals surface area contributed by atoms with Crippen LogP contribution in [0.4, 0.5) is 5.69 Å². The van der Waals surface area contributed by atoms with Gasteiger partial charge in [0, 0.05) is 25.5 Å². The van der Waals surface area contributed by atoms with E-state index in [0.717, 1.165) is 22.6 Å². The minimum atomic E-state index is 0.365. The highest BCUT2D eigenvalue weighted by atomic mass is 16.5. The standard InChI is InChI=1S/C19H25N3O3/c1-23-11-12-25-17-9-7-15(8-10-17)13-21-19(20)22-18-6-4-3-5-16(18)14-24-2/h3-10H,11-14H2,1-2H3,(H3,20,21,22). The lowest BCUT2D eigenvalue weighted by Crippen LogP contribution is -2.23. The number of ether oxygens (including phenoxy) is 3. The van der Waals surface area contributed by atoms with E-state index in [1.807, 2.05) is 48.5 Å². The van der Waals surface area contributed by atoms with Gasteiger partial charge in [0.15, 0.2) is 5.96 Å². The molecule has 0 saturated heterocycles. The Labute approximate surface area is 148 Å². The molecule has 2 aromatic carbocycles. The SMILES string of the molecule is COCCOc1ccc(CN=C(N)Nc2ccccc2COC)cc1. The summed E-state index contributed by atoms with van der Waals surface area (Å²) in [7, 11) is 3.31. The zero-order valence-corrected chi connectivity index (χ0v) is 14.7. The Kier molecular flexibility index (Phi) is 7.75. The predicted octanol–water partition coefficient (Wildman–Crippen LogP) is 2.79. The van der Waals surface area contributed by atoms with Gasteiger partial charge in [0.1, 0.15) is 12.4 Å². The summed E-state index contributed by atoms with van der Waals surface area (Å²) in [6.07, 6.45) is 0. The number of nitrogens with zero attached hydrogens (tertiary/aromatic N) is 1. The Hall–Kier alpha value is -2.57. The molecule has 2 aromatic rings. The molecule has 0 aliphatic rings. The average molecular weight is 343 g/mol. The van der Waals surface area contributed by atoms with Crippen LogP contribution in [-0.2, 0) is 22.6 Å². The van der Waals surface area contributed by atoms with E-state index in [9.17, 15) is 0 Å². The number of hydrogen-bond acceptors (Lipinski definition) is 4. The second-order valence-corrected chi connectivity index (χ2v) is 5.40. The number of anilines is 1. The van der Waals surface area contributed by atoms with E-state index < -0.39 is 0 Å². The number of para-hydroxylation sites is 1. The van der Waals surface area contributed by atoms with Crippen molar-refractivity contribution in [3.8, 4) is 5.75 Å². The van der Waals surface area contributed by atoms with E-state index >= 15 is 0 Å². The summed E-state index contributed by atoms with van der Waals surface area (Å²) >= 11 is 0. The van der Waals surface area contributed by atoms with Crippen LogP contribution < -0.4 is 15.8 Å². The minimum Gasteiger partial charge on any atom is -0.491 e. The van der Waals surface area contributed by atoms with Gasteiger partial charge in [-0.1, -0.05) is 30.3 Å². The first kappa shape index (κ1) is 18.8. The molecule has 0 amide bonds. The summed E-state index contributed by atoms with van der Waals surface area (Å²) in [5, 5.41) is 3.12. The second-order valence-electron chi connectivity index (χ2n) is 5.40. The van der Waals surface area contributed by atoms with Crippen molar-refractivity contribution in [3.63, 3.8) is 0 Å². The zero-order chi connectivity index (χ0) is 17.9. The van der Waals surface area contributed by atoms with Gasteiger partial charge in [-0.15, -0.1) is 0 Å². The van der Waals surface area contributed by atoms with Crippen molar-refractivity contribution >= 4 is 11.6 Å². The molecular weight excluding hydrogens is 318 g/mol. The third-order valence-electron chi connectivity index (χ3n) is 3.49. The largest absolute Gasteiger partial charge is 0.491 e. The highest BCUT2D eigenvalue weighted by Crippen LogP contribution is 2.16. The van der Waals surface area contributed by atoms with Gasteiger partial charge in [-0.25, -0.2) is 4.99 Å². The third kappa shape index (κ3) is 6.45. The van der Waals surface area contributed by atoms with Gasteiger partial charge in [-0.05, 0) is 23.8 Å². The maximum Gasteiger partial charge on any atom is 0.193 e. The fraction of sp³-hybridized carbons (Fsp3) is 0.316. The van der Waals surface area contributed by atoms with Crippen LogP contribution in [0, 0.1) is 0 Å². The Morgan fingerprint density at radius 2 is 1.76 bits per heavy atom. The zero-order valence-electron chi connectivity index (χ0n) is 14.7. The van der Waals surface area contributed by atoms with Crippen LogP contribution in [0.1, 0.15) is 11.1 Å². The van der Waals surface area contributed by atoms with Crippen LogP contribution in [0.5, 0.6) is 5.75 Å². The smallest absolute Gasteiger partial charge is 0.193 e. The van der Waals surface area contributed by atoms with Crippen LogP contribution in [0.15, 0.2) is 53.5 Å². The van der Waals surface area contributed by atoms with Crippen molar-refractivity contribution in [1.82, 2.24) is 0 Å². The number of nitrogens with two attached hydrogens (primary N) is 1. The number of rotatable bonds is 9. The normalized spacial score (nSPS) is 11.4. The Bertz CT molecular complexity index is 672. The van der Waals surface area contributed by atoms with Crippen molar-refractivity contribution in [2.24, 2.45) is 10.7 Å². The number of hydrogen-bond donors (Lipinski definition) is 2. The fourth-order valence-electron chi connectivity index (χ4n) is 2.21. The van der Waals surface area contributed by atoms with Gasteiger partial charge in [0.25, 0.3) is 0 Å². The van der Waals surface area contributed by atoms with Crippen LogP contribution in [-0.4, -0.2) is 33.4 Å². The molecule has 0 saturated carbocycles. The van der Waals surface area contributed by atoms with Crippen LogP contribution >= 0.6 is 0 Å². The monoisotopic (exact) mass is 343 g/mol. The van der Waals surface area contributed by atoms with Crippen molar-refractivity contribution in [2.45, 2.75) is 13.2 Å². The van der Waals surface area contributed by atoms with E-state index in [4.69, 9.17) is 19.9 Å². The summed E-state index contributed by atoms with van der Waals surface area (Å²) in [6.45, 7) is 2.11. The van der Waals surface area contributed by atoms with Crippen LogP contribution in [0.25, 0.3) is 0 Å². The average Bonchev–Trinajstić information content (AvgIpc) is 2.63. The van der Waals surface area contributed by atoms with Gasteiger partial charge in [-0.3, -0.25) is 0 Å². The van der Waals surface area contributed by atoms with Crippen LogP contribution in [0.2, 0.25) is 0 Å². The number of methoxy groups -OCH3 is 2. The molecule has 134 valence electrons. The van der Waals surface area contributed by atoms with Gasteiger partial charge >= 0.3 is 0 Å². The van der Waals surface area contributed by atoms with Gasteiger partial charge in [0.2, 0.25) is 0 Å².